The molecule has 1 atom stereocenters. The molecular formula is C28H30N4O4. The van der Waals surface area contributed by atoms with E-state index in [-0.39, 0.29) is 18.3 Å². The fourth-order valence-electron chi connectivity index (χ4n) is 3.71. The largest absolute Gasteiger partial charge is 0.360 e. The molecule has 0 saturated heterocycles. The second-order valence-electron chi connectivity index (χ2n) is 8.21. The highest BCUT2D eigenvalue weighted by molar-refractivity contribution is 6.03. The topological polar surface area (TPSA) is 105 Å². The molecule has 1 unspecified atom stereocenters. The number of carbonyl (C=O) groups is 3. The van der Waals surface area contributed by atoms with E-state index in [4.69, 9.17) is 4.52 Å². The van der Waals surface area contributed by atoms with Crippen LogP contribution < -0.4 is 10.6 Å². The fraction of sp³-hybridized carbons (Fsp3) is 0.214. The molecule has 0 aliphatic heterocycles. The molecule has 0 fully saturated rings. The number of aromatic nitrogens is 1. The lowest BCUT2D eigenvalue weighted by molar-refractivity contribution is -0.137. The number of hydrogen-bond donors (Lipinski definition) is 2. The Labute approximate surface area is 210 Å². The maximum atomic E-state index is 13.4. The second-order valence-corrected chi connectivity index (χ2v) is 8.21. The zero-order chi connectivity index (χ0) is 25.9. The number of carbonyl (C=O) groups excluding carboxylic acids is 3. The first-order valence-electron chi connectivity index (χ1n) is 11.6. The molecule has 0 aliphatic rings. The third kappa shape index (κ3) is 7.27. The van der Waals surface area contributed by atoms with Crippen molar-refractivity contribution in [2.75, 3.05) is 18.4 Å². The van der Waals surface area contributed by atoms with Crippen LogP contribution in [0.2, 0.25) is 0 Å². The molecule has 3 amide bonds. The number of nitrogens with zero attached hydrogens (tertiary/aromatic N) is 2. The minimum absolute atomic E-state index is 0.110. The minimum Gasteiger partial charge on any atom is -0.360 e. The molecule has 0 aliphatic carbocycles. The average molecular weight is 487 g/mol. The smallest absolute Gasteiger partial charge is 0.249 e. The molecule has 36 heavy (non-hydrogen) atoms. The van der Waals surface area contributed by atoms with Crippen LogP contribution in [-0.4, -0.2) is 40.9 Å². The Hall–Kier alpha value is -4.46. The number of rotatable bonds is 11. The quantitative estimate of drug-likeness (QED) is 0.316. The summed E-state index contributed by atoms with van der Waals surface area (Å²) >= 11 is 0. The SMILES string of the molecule is C=CCN(C(=O)C=CC(=O)Nc1cc(C)on1)C(C(=O)NCCc1ccccc1)c1ccccc1C. The number of amides is 3. The van der Waals surface area contributed by atoms with Crippen molar-refractivity contribution in [3.05, 3.63) is 108 Å². The molecule has 2 N–H and O–H groups in total. The Kier molecular flexibility index (Phi) is 9.33. The number of nitrogens with one attached hydrogen (secondary N) is 2. The molecule has 8 heteroatoms. The Bertz CT molecular complexity index is 1230. The first-order valence-corrected chi connectivity index (χ1v) is 11.6. The second kappa shape index (κ2) is 12.9. The van der Waals surface area contributed by atoms with Crippen LogP contribution in [0.15, 0.2) is 90.0 Å². The lowest BCUT2D eigenvalue weighted by Crippen LogP contribution is -2.44. The fourth-order valence-corrected chi connectivity index (χ4v) is 3.71. The lowest BCUT2D eigenvalue weighted by Gasteiger charge is -2.30. The molecule has 1 heterocycles. The zero-order valence-electron chi connectivity index (χ0n) is 20.4. The van der Waals surface area contributed by atoms with Crippen LogP contribution in [0.1, 0.15) is 28.5 Å². The van der Waals surface area contributed by atoms with Gasteiger partial charge >= 0.3 is 0 Å². The van der Waals surface area contributed by atoms with E-state index >= 15 is 0 Å². The Morgan fingerprint density at radius 1 is 1.06 bits per heavy atom. The molecule has 0 radical (unpaired) electrons. The predicted molar refractivity (Wildman–Crippen MR) is 138 cm³/mol. The Balaban J connectivity index is 1.79. The van der Waals surface area contributed by atoms with Crippen LogP contribution in [0, 0.1) is 13.8 Å². The normalized spacial score (nSPS) is 11.6. The van der Waals surface area contributed by atoms with Crippen LogP contribution in [-0.2, 0) is 20.8 Å². The lowest BCUT2D eigenvalue weighted by atomic mass is 9.98. The summed E-state index contributed by atoms with van der Waals surface area (Å²) in [4.78, 5) is 40.3. The van der Waals surface area contributed by atoms with Crippen LogP contribution in [0.4, 0.5) is 5.82 Å². The summed E-state index contributed by atoms with van der Waals surface area (Å²) in [6, 6.07) is 17.9. The zero-order valence-corrected chi connectivity index (χ0v) is 20.4. The molecular weight excluding hydrogens is 456 g/mol. The third-order valence-electron chi connectivity index (χ3n) is 5.46. The highest BCUT2D eigenvalue weighted by Gasteiger charge is 2.30. The van der Waals surface area contributed by atoms with Gasteiger partial charge in [-0.2, -0.15) is 0 Å². The third-order valence-corrected chi connectivity index (χ3v) is 5.46. The maximum Gasteiger partial charge on any atom is 0.249 e. The highest BCUT2D eigenvalue weighted by Crippen LogP contribution is 2.25. The summed E-state index contributed by atoms with van der Waals surface area (Å²) in [5.74, 6) is -0.579. The predicted octanol–water partition coefficient (Wildman–Crippen LogP) is 3.90. The molecule has 3 rings (SSSR count). The number of benzene rings is 2. The van der Waals surface area contributed by atoms with Crippen molar-refractivity contribution in [3.63, 3.8) is 0 Å². The molecule has 2 aromatic carbocycles. The molecule has 1 aromatic heterocycles. The van der Waals surface area contributed by atoms with E-state index in [1.54, 1.807) is 19.1 Å². The average Bonchev–Trinajstić information content (AvgIpc) is 3.28. The van der Waals surface area contributed by atoms with Gasteiger partial charge in [0.25, 0.3) is 0 Å². The van der Waals surface area contributed by atoms with Crippen LogP contribution in [0.25, 0.3) is 0 Å². The number of anilines is 1. The monoisotopic (exact) mass is 486 g/mol. The van der Waals surface area contributed by atoms with Gasteiger partial charge in [0.05, 0.1) is 0 Å². The molecule has 0 bridgehead atoms. The Morgan fingerprint density at radius 3 is 2.44 bits per heavy atom. The van der Waals surface area contributed by atoms with E-state index in [0.717, 1.165) is 23.3 Å². The maximum absolute atomic E-state index is 13.4. The summed E-state index contributed by atoms with van der Waals surface area (Å²) < 4.78 is 4.92. The van der Waals surface area contributed by atoms with Crippen molar-refractivity contribution in [1.29, 1.82) is 0 Å². The van der Waals surface area contributed by atoms with Crippen LogP contribution in [0.3, 0.4) is 0 Å². The number of hydrogen-bond acceptors (Lipinski definition) is 5. The van der Waals surface area contributed by atoms with E-state index in [1.807, 2.05) is 61.5 Å². The van der Waals surface area contributed by atoms with E-state index in [1.165, 1.54) is 4.90 Å². The summed E-state index contributed by atoms with van der Waals surface area (Å²) in [6.07, 6.45) is 4.44. The number of aryl methyl sites for hydroxylation is 2. The summed E-state index contributed by atoms with van der Waals surface area (Å²) in [6.45, 7) is 7.86. The van der Waals surface area contributed by atoms with Gasteiger partial charge in [-0.3, -0.25) is 14.4 Å². The van der Waals surface area contributed by atoms with E-state index in [9.17, 15) is 14.4 Å². The van der Waals surface area contributed by atoms with Crippen LogP contribution >= 0.6 is 0 Å². The molecule has 186 valence electrons. The summed E-state index contributed by atoms with van der Waals surface area (Å²) in [7, 11) is 0. The minimum atomic E-state index is -0.904. The van der Waals surface area contributed by atoms with Crippen molar-refractivity contribution in [3.8, 4) is 0 Å². The first kappa shape index (κ1) is 26.2. The van der Waals surface area contributed by atoms with Crippen molar-refractivity contribution >= 4 is 23.5 Å². The van der Waals surface area contributed by atoms with E-state index in [0.29, 0.717) is 24.3 Å². The standard InChI is InChI=1S/C28H30N4O4/c1-4-18-32(26(34)15-14-25(33)30-24-19-21(3)36-31-24)27(23-13-9-8-10-20(23)2)28(35)29-17-16-22-11-6-5-7-12-22/h4-15,19,27H,1,16-18H2,2-3H3,(H,29,35)(H,30,31,33). The van der Waals surface area contributed by atoms with E-state index in [2.05, 4.69) is 22.4 Å². The van der Waals surface area contributed by atoms with Gasteiger partial charge in [0.2, 0.25) is 17.7 Å². The molecule has 0 saturated carbocycles. The van der Waals surface area contributed by atoms with Crippen LogP contribution in [0.5, 0.6) is 0 Å². The van der Waals surface area contributed by atoms with Crippen molar-refractivity contribution < 1.29 is 18.9 Å². The van der Waals surface area contributed by atoms with Gasteiger partial charge < -0.3 is 20.1 Å². The van der Waals surface area contributed by atoms with Crippen molar-refractivity contribution in [1.82, 2.24) is 15.4 Å². The summed E-state index contributed by atoms with van der Waals surface area (Å²) in [5, 5.41) is 9.18. The summed E-state index contributed by atoms with van der Waals surface area (Å²) in [5.41, 5.74) is 2.66. The van der Waals surface area contributed by atoms with Gasteiger partial charge in [0.1, 0.15) is 11.8 Å². The molecule has 8 nitrogen and oxygen atoms in total. The molecule has 0 spiro atoms. The van der Waals surface area contributed by atoms with Gasteiger partial charge in [-0.05, 0) is 37.0 Å². The van der Waals surface area contributed by atoms with Gasteiger partial charge in [0, 0.05) is 31.3 Å². The highest BCUT2D eigenvalue weighted by atomic mass is 16.5. The van der Waals surface area contributed by atoms with Gasteiger partial charge in [-0.1, -0.05) is 65.8 Å². The van der Waals surface area contributed by atoms with Crippen molar-refractivity contribution in [2.45, 2.75) is 26.3 Å². The van der Waals surface area contributed by atoms with Gasteiger partial charge in [-0.15, -0.1) is 6.58 Å². The van der Waals surface area contributed by atoms with E-state index < -0.39 is 17.9 Å². The Morgan fingerprint density at radius 2 is 1.78 bits per heavy atom. The van der Waals surface area contributed by atoms with Gasteiger partial charge in [0.15, 0.2) is 5.82 Å². The first-order chi connectivity index (χ1) is 17.4. The molecule has 3 aromatic rings. The van der Waals surface area contributed by atoms with Crippen molar-refractivity contribution in [2.24, 2.45) is 0 Å². The van der Waals surface area contributed by atoms with Gasteiger partial charge in [-0.25, -0.2) is 0 Å².